The molecular weight excluding hydrogens is 441 g/mol. The molecule has 29 heavy (non-hydrogen) atoms. The molecule has 0 atom stereocenters. The van der Waals surface area contributed by atoms with E-state index in [-0.39, 0.29) is 12.4 Å². The van der Waals surface area contributed by atoms with Crippen molar-refractivity contribution in [2.75, 3.05) is 58.5 Å². The maximum atomic E-state index is 9.12. The van der Waals surface area contributed by atoms with Gasteiger partial charge in [-0.3, -0.25) is 4.90 Å². The quantitative estimate of drug-likeness (QED) is 0.656. The second-order valence-corrected chi connectivity index (χ2v) is 8.68. The molecule has 1 aliphatic heterocycles. The number of benzene rings is 1. The summed E-state index contributed by atoms with van der Waals surface area (Å²) in [5.41, 5.74) is 0.681. The number of aliphatic hydroxyl groups excluding tert-OH is 1. The molecule has 3 rings (SSSR count). The molecule has 1 N–H and O–H groups in total. The molecule has 1 aromatic heterocycles. The Morgan fingerprint density at radius 2 is 1.69 bits per heavy atom. The predicted molar refractivity (Wildman–Crippen MR) is 113 cm³/mol. The lowest BCUT2D eigenvalue weighted by molar-refractivity contribution is 0.188. The molecule has 1 aliphatic rings. The molecule has 0 aliphatic carbocycles. The Labute approximate surface area is 184 Å². The molecule has 0 bridgehead atoms. The van der Waals surface area contributed by atoms with E-state index < -0.39 is 3.79 Å². The lowest BCUT2D eigenvalue weighted by atomic mass is 10.2. The topological polar surface area (TPSA) is 83.8 Å². The molecule has 0 spiro atoms. The van der Waals surface area contributed by atoms with Crippen LogP contribution in [0.4, 0.5) is 5.95 Å². The number of hydrogen-bond acceptors (Lipinski definition) is 8. The number of aliphatic hydroxyl groups is 1. The summed E-state index contributed by atoms with van der Waals surface area (Å²) in [6, 6.07) is 5.33. The lowest BCUT2D eigenvalue weighted by Gasteiger charge is -2.34. The molecule has 1 aromatic carbocycles. The van der Waals surface area contributed by atoms with Crippen LogP contribution in [0.3, 0.4) is 0 Å². The van der Waals surface area contributed by atoms with Crippen molar-refractivity contribution >= 4 is 40.8 Å². The molecule has 8 nitrogen and oxygen atoms in total. The molecule has 2 heterocycles. The first-order chi connectivity index (χ1) is 13.9. The minimum atomic E-state index is -1.79. The van der Waals surface area contributed by atoms with E-state index in [9.17, 15) is 0 Å². The van der Waals surface area contributed by atoms with Gasteiger partial charge in [-0.15, -0.1) is 0 Å². The number of nitrogens with zero attached hydrogens (tertiary/aromatic N) is 5. The third-order valence-corrected chi connectivity index (χ3v) is 5.10. The van der Waals surface area contributed by atoms with Crippen LogP contribution < -0.4 is 14.4 Å². The van der Waals surface area contributed by atoms with E-state index in [0.29, 0.717) is 48.5 Å². The van der Waals surface area contributed by atoms with Gasteiger partial charge in [0, 0.05) is 38.3 Å². The standard InChI is InChI=1S/C18H22Cl3N5O3/c1-28-13-4-3-12(11-14(13)29-2)15-22-16(18(19,20)21)24-17(23-15)26-7-5-25(6-8-26)9-10-27/h3-4,11,27H,5-10H2,1-2H3. The maximum absolute atomic E-state index is 9.12. The Kier molecular flexibility index (Phi) is 7.23. The highest BCUT2D eigenvalue weighted by Gasteiger charge is 2.30. The smallest absolute Gasteiger partial charge is 0.250 e. The summed E-state index contributed by atoms with van der Waals surface area (Å²) in [6.45, 7) is 3.71. The van der Waals surface area contributed by atoms with Crippen molar-refractivity contribution in [1.29, 1.82) is 0 Å². The summed E-state index contributed by atoms with van der Waals surface area (Å²) in [5, 5.41) is 9.12. The first-order valence-corrected chi connectivity index (χ1v) is 10.1. The summed E-state index contributed by atoms with van der Waals surface area (Å²) in [6.07, 6.45) is 0. The SMILES string of the molecule is COc1ccc(-c2nc(N3CCN(CCO)CC3)nc(C(Cl)(Cl)Cl)n2)cc1OC. The van der Waals surface area contributed by atoms with Crippen molar-refractivity contribution in [2.24, 2.45) is 0 Å². The van der Waals surface area contributed by atoms with Gasteiger partial charge in [-0.25, -0.2) is 4.98 Å². The van der Waals surface area contributed by atoms with Crippen molar-refractivity contribution in [1.82, 2.24) is 19.9 Å². The zero-order chi connectivity index (χ0) is 21.0. The van der Waals surface area contributed by atoms with E-state index in [2.05, 4.69) is 19.9 Å². The van der Waals surface area contributed by atoms with Crippen LogP contribution in [0.1, 0.15) is 5.82 Å². The summed E-state index contributed by atoms with van der Waals surface area (Å²) in [4.78, 5) is 17.5. The number of ether oxygens (including phenoxy) is 2. The minimum Gasteiger partial charge on any atom is -0.493 e. The largest absolute Gasteiger partial charge is 0.493 e. The normalized spacial score (nSPS) is 15.4. The van der Waals surface area contributed by atoms with Gasteiger partial charge in [-0.1, -0.05) is 34.8 Å². The molecule has 1 saturated heterocycles. The zero-order valence-electron chi connectivity index (χ0n) is 16.1. The van der Waals surface area contributed by atoms with Crippen LogP contribution in [0.15, 0.2) is 18.2 Å². The molecular formula is C18H22Cl3N5O3. The Morgan fingerprint density at radius 3 is 2.28 bits per heavy atom. The average molecular weight is 463 g/mol. The van der Waals surface area contributed by atoms with E-state index in [0.717, 1.165) is 13.1 Å². The highest BCUT2D eigenvalue weighted by atomic mass is 35.6. The number of alkyl halides is 3. The molecule has 1 fully saturated rings. The molecule has 158 valence electrons. The summed E-state index contributed by atoms with van der Waals surface area (Å²) >= 11 is 18.2. The Hall–Kier alpha value is -1.58. The van der Waals surface area contributed by atoms with Gasteiger partial charge in [0.05, 0.1) is 20.8 Å². The number of halogens is 3. The fourth-order valence-corrected chi connectivity index (χ4v) is 3.30. The van der Waals surface area contributed by atoms with Crippen LogP contribution in [0.2, 0.25) is 0 Å². The first kappa shape index (κ1) is 22.1. The first-order valence-electron chi connectivity index (χ1n) is 8.99. The van der Waals surface area contributed by atoms with Gasteiger partial charge in [0.2, 0.25) is 9.74 Å². The van der Waals surface area contributed by atoms with Crippen molar-refractivity contribution in [3.63, 3.8) is 0 Å². The minimum absolute atomic E-state index is 0.0510. The van der Waals surface area contributed by atoms with Gasteiger partial charge in [0.15, 0.2) is 23.1 Å². The van der Waals surface area contributed by atoms with Gasteiger partial charge in [0.1, 0.15) is 0 Å². The molecule has 0 radical (unpaired) electrons. The number of rotatable bonds is 6. The van der Waals surface area contributed by atoms with E-state index in [1.807, 2.05) is 11.0 Å². The highest BCUT2D eigenvalue weighted by Crippen LogP contribution is 2.38. The van der Waals surface area contributed by atoms with Gasteiger partial charge in [-0.05, 0) is 18.2 Å². The summed E-state index contributed by atoms with van der Waals surface area (Å²) < 4.78 is 8.86. The maximum Gasteiger partial charge on any atom is 0.250 e. The van der Waals surface area contributed by atoms with Crippen molar-refractivity contribution in [3.8, 4) is 22.9 Å². The third-order valence-electron chi connectivity index (χ3n) is 4.59. The van der Waals surface area contributed by atoms with Crippen LogP contribution in [-0.2, 0) is 3.79 Å². The Balaban J connectivity index is 1.97. The Morgan fingerprint density at radius 1 is 1.00 bits per heavy atom. The van der Waals surface area contributed by atoms with Crippen molar-refractivity contribution in [3.05, 3.63) is 24.0 Å². The Bertz CT molecular complexity index is 842. The van der Waals surface area contributed by atoms with E-state index >= 15 is 0 Å². The number of β-amino-alcohol motifs (C(OH)–C–C–N with tert-alkyl or cyclic N) is 1. The fraction of sp³-hybridized carbons (Fsp3) is 0.500. The molecule has 0 amide bonds. The molecule has 0 unspecified atom stereocenters. The lowest BCUT2D eigenvalue weighted by Crippen LogP contribution is -2.48. The molecule has 11 heteroatoms. The van der Waals surface area contributed by atoms with Crippen LogP contribution in [0.5, 0.6) is 11.5 Å². The third kappa shape index (κ3) is 5.32. The van der Waals surface area contributed by atoms with Crippen molar-refractivity contribution in [2.45, 2.75) is 3.79 Å². The fourth-order valence-electron chi connectivity index (χ4n) is 3.05. The van der Waals surface area contributed by atoms with Crippen LogP contribution in [-0.4, -0.2) is 78.5 Å². The number of hydrogen-bond donors (Lipinski definition) is 1. The number of methoxy groups -OCH3 is 2. The van der Waals surface area contributed by atoms with Crippen LogP contribution in [0.25, 0.3) is 11.4 Å². The van der Waals surface area contributed by atoms with Gasteiger partial charge >= 0.3 is 0 Å². The van der Waals surface area contributed by atoms with Crippen molar-refractivity contribution < 1.29 is 14.6 Å². The molecule has 2 aromatic rings. The molecule has 0 saturated carbocycles. The van der Waals surface area contributed by atoms with Crippen LogP contribution >= 0.6 is 34.8 Å². The number of anilines is 1. The van der Waals surface area contributed by atoms with E-state index in [1.165, 1.54) is 0 Å². The monoisotopic (exact) mass is 461 g/mol. The van der Waals surface area contributed by atoms with Gasteiger partial charge in [0.25, 0.3) is 0 Å². The second-order valence-electron chi connectivity index (χ2n) is 6.40. The summed E-state index contributed by atoms with van der Waals surface area (Å²) in [5.74, 6) is 1.99. The van der Waals surface area contributed by atoms with Gasteiger partial charge in [-0.2, -0.15) is 9.97 Å². The van der Waals surface area contributed by atoms with E-state index in [1.54, 1.807) is 26.4 Å². The van der Waals surface area contributed by atoms with E-state index in [4.69, 9.17) is 49.4 Å². The average Bonchev–Trinajstić information content (AvgIpc) is 2.73. The highest BCUT2D eigenvalue weighted by molar-refractivity contribution is 6.66. The summed E-state index contributed by atoms with van der Waals surface area (Å²) in [7, 11) is 3.12. The number of aromatic nitrogens is 3. The van der Waals surface area contributed by atoms with Crippen LogP contribution in [0, 0.1) is 0 Å². The predicted octanol–water partition coefficient (Wildman–Crippen LogP) is 2.50. The second kappa shape index (κ2) is 9.49. The zero-order valence-corrected chi connectivity index (χ0v) is 18.4. The number of piperazine rings is 1. The van der Waals surface area contributed by atoms with Gasteiger partial charge < -0.3 is 19.5 Å².